The van der Waals surface area contributed by atoms with Gasteiger partial charge in [-0.2, -0.15) is 0 Å². The van der Waals surface area contributed by atoms with Crippen LogP contribution in [0.1, 0.15) is 192 Å². The Morgan fingerprint density at radius 2 is 0.737 bits per heavy atom. The minimum absolute atomic E-state index is 0.0625. The van der Waals surface area contributed by atoms with E-state index in [4.69, 9.17) is 19.7 Å². The van der Waals surface area contributed by atoms with Crippen molar-refractivity contribution in [1.82, 2.24) is 0 Å². The van der Waals surface area contributed by atoms with E-state index in [1.807, 2.05) is 0 Å². The average molecular weight is 960 g/mol. The Labute approximate surface area is 373 Å². The average Bonchev–Trinajstić information content (AvgIpc) is 3.09. The van der Waals surface area contributed by atoms with Gasteiger partial charge in [-0.1, -0.05) is 83.6 Å². The predicted octanol–water partition coefficient (Wildman–Crippen LogP) is 17.9. The summed E-state index contributed by atoms with van der Waals surface area (Å²) in [4.78, 5) is 0. The molecular formula is C50H108O3Si3Sn. The van der Waals surface area contributed by atoms with Crippen LogP contribution in [0.3, 0.4) is 0 Å². The summed E-state index contributed by atoms with van der Waals surface area (Å²) >= 11 is -0.967. The number of unbranched alkanes of at least 4 members (excludes halogenated alkanes) is 6. The molecule has 0 rings (SSSR count). The zero-order valence-electron chi connectivity index (χ0n) is 43.0. The first-order valence-corrected chi connectivity index (χ1v) is 41.3. The normalized spacial score (nSPS) is 15.4. The summed E-state index contributed by atoms with van der Waals surface area (Å²) in [6.07, 6.45) is 36.7. The molecule has 57 heavy (non-hydrogen) atoms. The van der Waals surface area contributed by atoms with Gasteiger partial charge in [0.05, 0.1) is 16.8 Å². The van der Waals surface area contributed by atoms with Crippen molar-refractivity contribution < 1.29 is 13.3 Å². The Morgan fingerprint density at radius 3 is 0.965 bits per heavy atom. The van der Waals surface area contributed by atoms with E-state index in [-0.39, 0.29) is 16.8 Å². The molecule has 0 heterocycles. The van der Waals surface area contributed by atoms with Crippen LogP contribution in [0, 0.1) is 12.3 Å². The Balaban J connectivity index is -0.000000329. The summed E-state index contributed by atoms with van der Waals surface area (Å²) in [5, 5.41) is 0. The molecule has 0 amide bonds. The first-order chi connectivity index (χ1) is 26.3. The fourth-order valence-corrected chi connectivity index (χ4v) is 23.2. The predicted molar refractivity (Wildman–Crippen MR) is 276 cm³/mol. The molecule has 0 aromatic carbocycles. The van der Waals surface area contributed by atoms with E-state index in [0.29, 0.717) is 0 Å². The van der Waals surface area contributed by atoms with Gasteiger partial charge in [-0.15, -0.1) is 12.3 Å². The number of allylic oxidation sites excluding steroid dienone is 2. The summed E-state index contributed by atoms with van der Waals surface area (Å²) < 4.78 is 23.9. The number of hydrogen-bond acceptors (Lipinski definition) is 3. The molecule has 0 aromatic rings. The summed E-state index contributed by atoms with van der Waals surface area (Å²) in [6.45, 7) is 44.8. The van der Waals surface area contributed by atoms with Gasteiger partial charge >= 0.3 is 92.4 Å². The molecule has 7 heteroatoms. The third-order valence-electron chi connectivity index (χ3n) is 9.78. The standard InChI is InChI=1S/2C13H28OSi.C12H24OSi.3C4H9.Sn.H/c2*1-7-9-11-13(3,12-10-8-2)14-15(4,5)6;1-7-9-11-12(3,10-8-2)13-14(4,5)6;3*1-3-4-2;;/h2*7,9H,8,10-12H2,1-6H3;2H,7,9-11H2,1,3-6H3;3*1,3-4H2,2H3;;/b9-7+;9-7-;;;;;;. The summed E-state index contributed by atoms with van der Waals surface area (Å²) in [7, 11) is -4.33. The van der Waals surface area contributed by atoms with Crippen molar-refractivity contribution >= 4 is 44.7 Å². The van der Waals surface area contributed by atoms with Gasteiger partial charge in [0, 0.05) is 6.42 Å². The van der Waals surface area contributed by atoms with Gasteiger partial charge in [-0.05, 0) is 126 Å². The minimum atomic E-state index is -1.48. The van der Waals surface area contributed by atoms with E-state index in [1.165, 1.54) is 89.9 Å². The second-order valence-electron chi connectivity index (χ2n) is 20.5. The molecule has 0 N–H and O–H groups in total. The Kier molecular flexibility index (Phi) is 41.5. The van der Waals surface area contributed by atoms with E-state index < -0.39 is 44.7 Å². The van der Waals surface area contributed by atoms with E-state index >= 15 is 0 Å². The number of terminal acetylenes is 1. The van der Waals surface area contributed by atoms with E-state index in [0.717, 1.165) is 25.7 Å². The maximum absolute atomic E-state index is 6.32. The molecule has 3 atom stereocenters. The van der Waals surface area contributed by atoms with Crippen LogP contribution in [0.4, 0.5) is 0 Å². The quantitative estimate of drug-likeness (QED) is 0.0425. The fraction of sp³-hybridized carbons (Fsp3) is 0.880. The van der Waals surface area contributed by atoms with Gasteiger partial charge in [0.2, 0.25) is 0 Å². The Bertz CT molecular complexity index is 928. The monoisotopic (exact) mass is 961 g/mol. The van der Waals surface area contributed by atoms with Crippen LogP contribution in [0.25, 0.3) is 0 Å². The molecule has 0 aliphatic heterocycles. The molecule has 3 nitrogen and oxygen atoms in total. The van der Waals surface area contributed by atoms with Crippen LogP contribution in [0.15, 0.2) is 24.3 Å². The van der Waals surface area contributed by atoms with Crippen molar-refractivity contribution in [2.45, 2.75) is 281 Å². The molecule has 0 aromatic heterocycles. The molecule has 0 fully saturated rings. The number of hydrogen-bond donors (Lipinski definition) is 0. The summed E-state index contributed by atoms with van der Waals surface area (Å²) in [5.41, 5.74) is 0.0369. The van der Waals surface area contributed by atoms with Crippen molar-refractivity contribution in [3.8, 4) is 12.3 Å². The van der Waals surface area contributed by atoms with Crippen LogP contribution >= 0.6 is 0 Å². The molecule has 0 saturated carbocycles. The molecule has 0 aliphatic rings. The maximum atomic E-state index is 6.32. The fourth-order valence-electron chi connectivity index (χ4n) is 7.30. The third kappa shape index (κ3) is 47.3. The molecule has 342 valence electrons. The zero-order valence-corrected chi connectivity index (χ0v) is 49.3. The van der Waals surface area contributed by atoms with Gasteiger partial charge in [0.1, 0.15) is 0 Å². The SMILES string of the molecule is C#CCC(C)(CCCC)O[Si](C)(C)C.C/C=C/CC(C)(CCCC)O[Si](C)(C)C.C/C=C\CC(C)(CCCC)O[Si](C)(C)C.CCC[CH2][SnH]([CH2]CCC)[CH2]CCC. The second kappa shape index (κ2) is 37.0. The second-order valence-corrected chi connectivity index (χ2v) is 43.7. The first kappa shape index (κ1) is 64.0. The van der Waals surface area contributed by atoms with Crippen LogP contribution < -0.4 is 0 Å². The molecule has 0 saturated heterocycles. The molecule has 0 spiro atoms. The molecule has 3 unspecified atom stereocenters. The van der Waals surface area contributed by atoms with Crippen LogP contribution in [0.5, 0.6) is 0 Å². The number of rotatable bonds is 29. The zero-order chi connectivity index (χ0) is 45.1. The van der Waals surface area contributed by atoms with Crippen molar-refractivity contribution in [2.75, 3.05) is 0 Å². The van der Waals surface area contributed by atoms with Gasteiger partial charge in [-0.3, -0.25) is 0 Å². The van der Waals surface area contributed by atoms with Gasteiger partial charge in [0.15, 0.2) is 25.0 Å². The van der Waals surface area contributed by atoms with E-state index in [1.54, 1.807) is 13.3 Å². The van der Waals surface area contributed by atoms with Crippen molar-refractivity contribution in [2.24, 2.45) is 0 Å². The summed E-state index contributed by atoms with van der Waals surface area (Å²) in [5.74, 6) is 2.74. The van der Waals surface area contributed by atoms with Crippen molar-refractivity contribution in [1.29, 1.82) is 0 Å². The van der Waals surface area contributed by atoms with Crippen LogP contribution in [0.2, 0.25) is 72.2 Å². The van der Waals surface area contributed by atoms with Crippen LogP contribution in [-0.4, -0.2) is 61.5 Å². The van der Waals surface area contributed by atoms with Crippen molar-refractivity contribution in [3.05, 3.63) is 24.3 Å². The van der Waals surface area contributed by atoms with E-state index in [2.05, 4.69) is 165 Å². The Hall–Kier alpha value is 0.369. The van der Waals surface area contributed by atoms with Gasteiger partial charge < -0.3 is 13.3 Å². The first-order valence-electron chi connectivity index (χ1n) is 24.1. The molecule has 0 aliphatic carbocycles. The molecule has 0 radical (unpaired) electrons. The van der Waals surface area contributed by atoms with Gasteiger partial charge in [-0.25, -0.2) is 0 Å². The molecular weight excluding hydrogens is 852 g/mol. The summed E-state index contributed by atoms with van der Waals surface area (Å²) in [6, 6.07) is 0. The molecule has 0 bridgehead atoms. The Morgan fingerprint density at radius 1 is 0.474 bits per heavy atom. The van der Waals surface area contributed by atoms with E-state index in [9.17, 15) is 0 Å². The topological polar surface area (TPSA) is 27.7 Å². The van der Waals surface area contributed by atoms with Gasteiger partial charge in [0.25, 0.3) is 0 Å². The van der Waals surface area contributed by atoms with Crippen molar-refractivity contribution in [3.63, 3.8) is 0 Å². The van der Waals surface area contributed by atoms with Crippen LogP contribution in [-0.2, 0) is 13.3 Å². The third-order valence-corrected chi connectivity index (χ3v) is 23.6.